The van der Waals surface area contributed by atoms with Crippen LogP contribution in [0.4, 0.5) is 0 Å². The van der Waals surface area contributed by atoms with Crippen molar-refractivity contribution < 1.29 is 4.74 Å². The number of piperazine rings is 1. The van der Waals surface area contributed by atoms with E-state index in [1.54, 1.807) is 6.08 Å². The Morgan fingerprint density at radius 2 is 1.85 bits per heavy atom. The molecule has 2 aromatic rings. The van der Waals surface area contributed by atoms with Crippen molar-refractivity contribution in [3.8, 4) is 5.75 Å². The third-order valence-electron chi connectivity index (χ3n) is 4.44. The zero-order valence-corrected chi connectivity index (χ0v) is 17.1. The molecule has 0 spiro atoms. The third kappa shape index (κ3) is 4.93. The highest BCUT2D eigenvalue weighted by atomic mass is 79.9. The van der Waals surface area contributed by atoms with Gasteiger partial charge in [-0.15, -0.1) is 0 Å². The largest absolute Gasteiger partial charge is 0.489 e. The maximum absolute atomic E-state index is 5.79. The molecule has 0 unspecified atom stereocenters. The van der Waals surface area contributed by atoms with Crippen molar-refractivity contribution >= 4 is 33.1 Å². The van der Waals surface area contributed by atoms with Crippen molar-refractivity contribution in [1.82, 2.24) is 9.80 Å². The van der Waals surface area contributed by atoms with E-state index in [0.717, 1.165) is 53.5 Å². The first-order valence-corrected chi connectivity index (χ1v) is 9.96. The van der Waals surface area contributed by atoms with Gasteiger partial charge in [0.05, 0.1) is 5.56 Å². The first kappa shape index (κ1) is 19.1. The summed E-state index contributed by atoms with van der Waals surface area (Å²) in [5, 5.41) is 0. The Labute approximate surface area is 169 Å². The van der Waals surface area contributed by atoms with Gasteiger partial charge in [0.2, 0.25) is 0 Å². The van der Waals surface area contributed by atoms with Gasteiger partial charge in [0, 0.05) is 37.2 Å². The van der Waals surface area contributed by atoms with Crippen molar-refractivity contribution in [1.29, 1.82) is 0 Å². The summed E-state index contributed by atoms with van der Waals surface area (Å²) in [4.78, 5) is 5.61. The maximum Gasteiger partial charge on any atom is 0.130 e. The normalized spacial score (nSPS) is 14.9. The van der Waals surface area contributed by atoms with Crippen LogP contribution in [0.2, 0.25) is 0 Å². The Hall–Kier alpha value is -1.69. The van der Waals surface area contributed by atoms with Gasteiger partial charge in [0.15, 0.2) is 0 Å². The quantitative estimate of drug-likeness (QED) is 0.494. The van der Waals surface area contributed by atoms with E-state index in [4.69, 9.17) is 17.0 Å². The van der Waals surface area contributed by atoms with Crippen LogP contribution in [0, 0.1) is 0 Å². The molecule has 0 aromatic heterocycles. The lowest BCUT2D eigenvalue weighted by atomic mass is 10.1. The molecule has 5 heteroatoms. The van der Waals surface area contributed by atoms with E-state index in [-0.39, 0.29) is 0 Å². The predicted octanol–water partition coefficient (Wildman–Crippen LogP) is 4.51. The van der Waals surface area contributed by atoms with Crippen LogP contribution in [-0.2, 0) is 6.54 Å². The zero-order chi connectivity index (χ0) is 18.4. The fourth-order valence-electron chi connectivity index (χ4n) is 3.06. The van der Waals surface area contributed by atoms with E-state index in [1.807, 2.05) is 18.2 Å². The van der Waals surface area contributed by atoms with Crippen LogP contribution in [0.3, 0.4) is 0 Å². The maximum atomic E-state index is 5.79. The summed E-state index contributed by atoms with van der Waals surface area (Å²) >= 11 is 9.33. The molecule has 1 fully saturated rings. The molecule has 1 heterocycles. The van der Waals surface area contributed by atoms with Crippen LogP contribution in [-0.4, -0.2) is 47.6 Å². The highest BCUT2D eigenvalue weighted by Gasteiger charge is 2.22. The predicted molar refractivity (Wildman–Crippen MR) is 115 cm³/mol. The molecule has 0 radical (unpaired) electrons. The summed E-state index contributed by atoms with van der Waals surface area (Å²) in [6.07, 6.45) is 1.75. The van der Waals surface area contributed by atoms with Gasteiger partial charge in [0.1, 0.15) is 17.3 Å². The number of ether oxygens (including phenoxy) is 1. The number of thiocarbonyl (C=S) groups is 1. The number of benzene rings is 2. The molecule has 0 saturated carbocycles. The Morgan fingerprint density at radius 1 is 1.12 bits per heavy atom. The number of rotatable bonds is 6. The first-order chi connectivity index (χ1) is 12.7. The van der Waals surface area contributed by atoms with Gasteiger partial charge in [-0.1, -0.05) is 71.1 Å². The highest BCUT2D eigenvalue weighted by Crippen LogP contribution is 2.26. The van der Waals surface area contributed by atoms with Gasteiger partial charge in [-0.3, -0.25) is 4.90 Å². The topological polar surface area (TPSA) is 15.7 Å². The number of hydrogen-bond acceptors (Lipinski definition) is 3. The second-order valence-corrected chi connectivity index (χ2v) is 7.60. The number of halogens is 1. The summed E-state index contributed by atoms with van der Waals surface area (Å²) in [6.45, 7) is 9.05. The lowest BCUT2D eigenvalue weighted by molar-refractivity contribution is 0.177. The molecule has 136 valence electrons. The minimum atomic E-state index is 0.474. The Bertz CT molecular complexity index is 758. The Morgan fingerprint density at radius 3 is 2.54 bits per heavy atom. The minimum Gasteiger partial charge on any atom is -0.489 e. The molecule has 0 atom stereocenters. The average Bonchev–Trinajstić information content (AvgIpc) is 2.68. The van der Waals surface area contributed by atoms with Crippen molar-refractivity contribution in [2.75, 3.05) is 32.8 Å². The van der Waals surface area contributed by atoms with Crippen molar-refractivity contribution in [2.24, 2.45) is 0 Å². The highest BCUT2D eigenvalue weighted by molar-refractivity contribution is 9.10. The van der Waals surface area contributed by atoms with Crippen LogP contribution < -0.4 is 4.74 Å². The van der Waals surface area contributed by atoms with E-state index in [2.05, 4.69) is 62.6 Å². The lowest BCUT2D eigenvalue weighted by Crippen LogP contribution is -2.48. The summed E-state index contributed by atoms with van der Waals surface area (Å²) in [5.41, 5.74) is 2.32. The second-order valence-electron chi connectivity index (χ2n) is 6.29. The SMILES string of the molecule is C=CCOc1ccc(Br)cc1C(=S)N1CCN(Cc2ccccc2)CC1. The molecule has 0 N–H and O–H groups in total. The summed E-state index contributed by atoms with van der Waals surface area (Å²) in [7, 11) is 0. The fourth-order valence-corrected chi connectivity index (χ4v) is 3.77. The van der Waals surface area contributed by atoms with E-state index in [9.17, 15) is 0 Å². The standard InChI is InChI=1S/C21H23BrN2OS/c1-2-14-25-20-9-8-18(22)15-19(20)21(26)24-12-10-23(11-13-24)16-17-6-4-3-5-7-17/h2-9,15H,1,10-14,16H2. The minimum absolute atomic E-state index is 0.474. The molecule has 1 saturated heterocycles. The second kappa shape index (κ2) is 9.31. The first-order valence-electron chi connectivity index (χ1n) is 8.76. The molecule has 0 bridgehead atoms. The summed E-state index contributed by atoms with van der Waals surface area (Å²) in [5.74, 6) is 0.810. The van der Waals surface area contributed by atoms with E-state index in [0.29, 0.717) is 6.61 Å². The molecule has 3 nitrogen and oxygen atoms in total. The molecule has 1 aliphatic heterocycles. The van der Waals surface area contributed by atoms with E-state index >= 15 is 0 Å². The molecular formula is C21H23BrN2OS. The number of hydrogen-bond donors (Lipinski definition) is 0. The summed E-state index contributed by atoms with van der Waals surface area (Å²) < 4.78 is 6.79. The third-order valence-corrected chi connectivity index (χ3v) is 5.41. The van der Waals surface area contributed by atoms with Crippen LogP contribution in [0.15, 0.2) is 65.7 Å². The van der Waals surface area contributed by atoms with Gasteiger partial charge in [-0.05, 0) is 23.8 Å². The van der Waals surface area contributed by atoms with Crippen LogP contribution in [0.25, 0.3) is 0 Å². The van der Waals surface area contributed by atoms with Gasteiger partial charge >= 0.3 is 0 Å². The van der Waals surface area contributed by atoms with E-state index in [1.165, 1.54) is 5.56 Å². The van der Waals surface area contributed by atoms with Gasteiger partial charge < -0.3 is 9.64 Å². The van der Waals surface area contributed by atoms with Crippen LogP contribution in [0.1, 0.15) is 11.1 Å². The van der Waals surface area contributed by atoms with E-state index < -0.39 is 0 Å². The average molecular weight is 431 g/mol. The van der Waals surface area contributed by atoms with Crippen LogP contribution in [0.5, 0.6) is 5.75 Å². The van der Waals surface area contributed by atoms with Gasteiger partial charge in [-0.25, -0.2) is 0 Å². The monoisotopic (exact) mass is 430 g/mol. The van der Waals surface area contributed by atoms with Crippen LogP contribution >= 0.6 is 28.1 Å². The smallest absolute Gasteiger partial charge is 0.130 e. The molecule has 0 aliphatic carbocycles. The van der Waals surface area contributed by atoms with Crippen molar-refractivity contribution in [3.63, 3.8) is 0 Å². The van der Waals surface area contributed by atoms with Gasteiger partial charge in [0.25, 0.3) is 0 Å². The molecule has 0 amide bonds. The lowest BCUT2D eigenvalue weighted by Gasteiger charge is -2.36. The van der Waals surface area contributed by atoms with Gasteiger partial charge in [-0.2, -0.15) is 0 Å². The Kier molecular flexibility index (Phi) is 6.83. The molecule has 1 aliphatic rings. The molecule has 2 aromatic carbocycles. The summed E-state index contributed by atoms with van der Waals surface area (Å²) in [6, 6.07) is 16.6. The molecule has 3 rings (SSSR count). The molecular weight excluding hydrogens is 408 g/mol. The zero-order valence-electron chi connectivity index (χ0n) is 14.7. The number of nitrogens with zero attached hydrogens (tertiary/aromatic N) is 2. The van der Waals surface area contributed by atoms with Crippen molar-refractivity contribution in [3.05, 3.63) is 76.8 Å². The Balaban J connectivity index is 1.63. The fraction of sp³-hybridized carbons (Fsp3) is 0.286. The molecule has 26 heavy (non-hydrogen) atoms. The van der Waals surface area contributed by atoms with Crippen molar-refractivity contribution in [2.45, 2.75) is 6.54 Å².